The Bertz CT molecular complexity index is 1300. The quantitative estimate of drug-likeness (QED) is 0.439. The summed E-state index contributed by atoms with van der Waals surface area (Å²) in [6.45, 7) is 5.05. The Kier molecular flexibility index (Phi) is 6.21. The maximum atomic E-state index is 14.2. The minimum absolute atomic E-state index is 0.0951. The Morgan fingerprint density at radius 1 is 1.32 bits per heavy atom. The minimum Gasteiger partial charge on any atom is -0.373 e. The van der Waals surface area contributed by atoms with Crippen LogP contribution in [-0.2, 0) is 4.79 Å². The van der Waals surface area contributed by atoms with Gasteiger partial charge in [-0.2, -0.15) is 10.1 Å². The van der Waals surface area contributed by atoms with Gasteiger partial charge in [0.05, 0.1) is 11.6 Å². The highest BCUT2D eigenvalue weighted by Crippen LogP contribution is 2.27. The van der Waals surface area contributed by atoms with Crippen LogP contribution in [-0.4, -0.2) is 52.3 Å². The number of hydrogen-bond acceptors (Lipinski definition) is 8. The lowest BCUT2D eigenvalue weighted by Gasteiger charge is -2.27. The molecule has 1 fully saturated rings. The van der Waals surface area contributed by atoms with E-state index < -0.39 is 29.5 Å². The molecule has 2 aromatic rings. The molecular formula is C22H22F2N8O2. The van der Waals surface area contributed by atoms with Crippen molar-refractivity contribution in [1.82, 2.24) is 25.2 Å². The number of aliphatic imine (C=N–C) groups is 1. The lowest BCUT2D eigenvalue weighted by atomic mass is 10.2. The number of nitrogens with zero attached hydrogens (tertiary/aromatic N) is 5. The average molecular weight is 468 g/mol. The average Bonchev–Trinajstić information content (AvgIpc) is 3.53. The number of pyridine rings is 2. The third-order valence-electron chi connectivity index (χ3n) is 5.21. The molecule has 10 nitrogen and oxygen atoms in total. The largest absolute Gasteiger partial charge is 0.373 e. The van der Waals surface area contributed by atoms with E-state index in [9.17, 15) is 18.4 Å². The number of alkyl halides is 1. The molecule has 0 unspecified atom stereocenters. The monoisotopic (exact) mass is 468 g/mol. The molecule has 4 rings (SSSR count). The topological polar surface area (TPSA) is 116 Å². The third kappa shape index (κ3) is 4.42. The van der Waals surface area contributed by atoms with Gasteiger partial charge in [-0.25, -0.2) is 18.8 Å². The van der Waals surface area contributed by atoms with Crippen LogP contribution in [0, 0.1) is 5.82 Å². The first-order valence-electron chi connectivity index (χ1n) is 10.3. The van der Waals surface area contributed by atoms with Crippen molar-refractivity contribution in [2.75, 3.05) is 12.4 Å². The summed E-state index contributed by atoms with van der Waals surface area (Å²) in [5.74, 6) is -0.546. The SMILES string of the molecule is C=NN1C(NC)=CC(Nc2cccn(-c3ncccc3F)c2=O)=N/C1=C(/C)C(=O)N[C@@H]1C[C@@H]1F. The first-order chi connectivity index (χ1) is 16.3. The number of aromatic nitrogens is 2. The van der Waals surface area contributed by atoms with Crippen LogP contribution in [0.25, 0.3) is 5.82 Å². The highest BCUT2D eigenvalue weighted by atomic mass is 19.1. The van der Waals surface area contributed by atoms with E-state index in [1.807, 2.05) is 0 Å². The highest BCUT2D eigenvalue weighted by Gasteiger charge is 2.39. The van der Waals surface area contributed by atoms with Gasteiger partial charge in [0.1, 0.15) is 23.5 Å². The molecule has 0 aromatic carbocycles. The smallest absolute Gasteiger partial charge is 0.280 e. The fourth-order valence-corrected chi connectivity index (χ4v) is 3.27. The molecule has 176 valence electrons. The summed E-state index contributed by atoms with van der Waals surface area (Å²) in [7, 11) is 1.64. The second kappa shape index (κ2) is 9.25. The van der Waals surface area contributed by atoms with E-state index in [0.717, 1.165) is 4.57 Å². The molecule has 0 spiro atoms. The summed E-state index contributed by atoms with van der Waals surface area (Å²) in [4.78, 5) is 34.0. The first-order valence-corrected chi connectivity index (χ1v) is 10.3. The maximum Gasteiger partial charge on any atom is 0.280 e. The Balaban J connectivity index is 1.70. The molecule has 2 aliphatic rings. The van der Waals surface area contributed by atoms with Crippen LogP contribution in [0.1, 0.15) is 13.3 Å². The van der Waals surface area contributed by atoms with Gasteiger partial charge in [-0.3, -0.25) is 14.2 Å². The molecular weight excluding hydrogens is 446 g/mol. The predicted octanol–water partition coefficient (Wildman–Crippen LogP) is 1.63. The summed E-state index contributed by atoms with van der Waals surface area (Å²) in [5.41, 5.74) is -0.292. The molecule has 2 atom stereocenters. The highest BCUT2D eigenvalue weighted by molar-refractivity contribution is 6.06. The summed E-state index contributed by atoms with van der Waals surface area (Å²) in [5, 5.41) is 13.7. The van der Waals surface area contributed by atoms with E-state index in [4.69, 9.17) is 0 Å². The van der Waals surface area contributed by atoms with Crippen molar-refractivity contribution in [2.45, 2.75) is 25.6 Å². The number of hydrazone groups is 1. The van der Waals surface area contributed by atoms with E-state index in [-0.39, 0.29) is 35.2 Å². The van der Waals surface area contributed by atoms with Crippen molar-refractivity contribution < 1.29 is 13.6 Å². The van der Waals surface area contributed by atoms with E-state index in [0.29, 0.717) is 5.82 Å². The number of carbonyl (C=O) groups is 1. The van der Waals surface area contributed by atoms with Crippen LogP contribution in [0.4, 0.5) is 14.5 Å². The number of nitrogens with one attached hydrogen (secondary N) is 3. The number of anilines is 1. The summed E-state index contributed by atoms with van der Waals surface area (Å²) >= 11 is 0. The van der Waals surface area contributed by atoms with Gasteiger partial charge in [-0.15, -0.1) is 0 Å². The Hall–Kier alpha value is -4.35. The fraction of sp³-hybridized carbons (Fsp3) is 0.227. The molecule has 3 N–H and O–H groups in total. The van der Waals surface area contributed by atoms with Gasteiger partial charge < -0.3 is 16.0 Å². The number of carbonyl (C=O) groups excluding carboxylic acids is 1. The number of hydrogen-bond donors (Lipinski definition) is 3. The van der Waals surface area contributed by atoms with Crippen molar-refractivity contribution in [1.29, 1.82) is 0 Å². The zero-order valence-corrected chi connectivity index (χ0v) is 18.4. The predicted molar refractivity (Wildman–Crippen MR) is 124 cm³/mol. The van der Waals surface area contributed by atoms with E-state index >= 15 is 0 Å². The summed E-state index contributed by atoms with van der Waals surface area (Å²) in [6.07, 6.45) is 3.55. The number of halogens is 2. The van der Waals surface area contributed by atoms with Crippen LogP contribution in [0.3, 0.4) is 0 Å². The number of amides is 1. The maximum absolute atomic E-state index is 14.2. The van der Waals surface area contributed by atoms with Crippen LogP contribution < -0.4 is 21.5 Å². The molecule has 34 heavy (non-hydrogen) atoms. The van der Waals surface area contributed by atoms with Gasteiger partial charge >= 0.3 is 0 Å². The molecule has 1 amide bonds. The molecule has 1 aliphatic heterocycles. The third-order valence-corrected chi connectivity index (χ3v) is 5.21. The van der Waals surface area contributed by atoms with Crippen molar-refractivity contribution in [3.63, 3.8) is 0 Å². The fourth-order valence-electron chi connectivity index (χ4n) is 3.27. The van der Waals surface area contributed by atoms with E-state index in [1.165, 1.54) is 42.5 Å². The van der Waals surface area contributed by atoms with Crippen LogP contribution in [0.2, 0.25) is 0 Å². The standard InChI is InChI=1S/C22H22F2N8O2/c1-12(21(33)29-16-10-14(16)24)19-30-17(11-18(25-2)32(19)26-3)28-15-7-5-9-31(22(15)34)20-13(23)6-4-8-27-20/h4-9,11,14,16,25H,3,10H2,1-2H3,(H,28,30)(H,29,33)/b19-12+/t14-,16+/m0/s1. The van der Waals surface area contributed by atoms with Crippen molar-refractivity contribution in [3.05, 3.63) is 76.1 Å². The Labute approximate surface area is 193 Å². The molecule has 0 saturated heterocycles. The lowest BCUT2D eigenvalue weighted by Crippen LogP contribution is -2.35. The van der Waals surface area contributed by atoms with Crippen LogP contribution in [0.5, 0.6) is 0 Å². The molecule has 0 bridgehead atoms. The van der Waals surface area contributed by atoms with Crippen molar-refractivity contribution in [3.8, 4) is 5.82 Å². The van der Waals surface area contributed by atoms with Gasteiger partial charge in [0.15, 0.2) is 17.5 Å². The Morgan fingerprint density at radius 3 is 2.74 bits per heavy atom. The summed E-state index contributed by atoms with van der Waals surface area (Å²) < 4.78 is 28.5. The zero-order chi connectivity index (χ0) is 24.4. The molecule has 3 heterocycles. The van der Waals surface area contributed by atoms with Gasteiger partial charge in [0.2, 0.25) is 0 Å². The summed E-state index contributed by atoms with van der Waals surface area (Å²) in [6, 6.07) is 5.17. The molecule has 1 aliphatic carbocycles. The minimum atomic E-state index is -1.06. The molecule has 12 heteroatoms. The van der Waals surface area contributed by atoms with E-state index in [2.05, 4.69) is 37.7 Å². The van der Waals surface area contributed by atoms with Gasteiger partial charge in [0.25, 0.3) is 11.5 Å². The number of rotatable bonds is 6. The second-order valence-corrected chi connectivity index (χ2v) is 7.54. The van der Waals surface area contributed by atoms with Gasteiger partial charge in [-0.05, 0) is 31.2 Å². The molecule has 0 radical (unpaired) electrons. The van der Waals surface area contributed by atoms with Gasteiger partial charge in [-0.1, -0.05) is 0 Å². The van der Waals surface area contributed by atoms with E-state index in [1.54, 1.807) is 19.2 Å². The molecule has 2 aromatic heterocycles. The van der Waals surface area contributed by atoms with Crippen molar-refractivity contribution >= 4 is 24.1 Å². The normalized spacial score (nSPS) is 20.6. The zero-order valence-electron chi connectivity index (χ0n) is 18.4. The van der Waals surface area contributed by atoms with Crippen molar-refractivity contribution in [2.24, 2.45) is 10.1 Å². The Morgan fingerprint density at radius 2 is 2.09 bits per heavy atom. The van der Waals surface area contributed by atoms with Crippen LogP contribution in [0.15, 0.2) is 74.8 Å². The number of amidine groups is 1. The van der Waals surface area contributed by atoms with Crippen LogP contribution >= 0.6 is 0 Å². The van der Waals surface area contributed by atoms with Gasteiger partial charge in [0, 0.05) is 38.7 Å². The second-order valence-electron chi connectivity index (χ2n) is 7.54. The lowest BCUT2D eigenvalue weighted by molar-refractivity contribution is -0.117. The first kappa shape index (κ1) is 22.8. The molecule has 1 saturated carbocycles.